The molecule has 1 aromatic rings. The van der Waals surface area contributed by atoms with E-state index in [4.69, 9.17) is 0 Å². The van der Waals surface area contributed by atoms with Crippen LogP contribution in [0.4, 0.5) is 0 Å². The lowest BCUT2D eigenvalue weighted by molar-refractivity contribution is 0.0600. The van der Waals surface area contributed by atoms with Gasteiger partial charge in [-0.25, -0.2) is 4.79 Å². The summed E-state index contributed by atoms with van der Waals surface area (Å²) < 4.78 is 4.66. The van der Waals surface area contributed by atoms with Crippen LogP contribution < -0.4 is 5.32 Å². The van der Waals surface area contributed by atoms with Gasteiger partial charge >= 0.3 is 5.97 Å². The van der Waals surface area contributed by atoms with Gasteiger partial charge in [-0.3, -0.25) is 9.88 Å². The summed E-state index contributed by atoms with van der Waals surface area (Å²) in [6, 6.07) is 4.67. The molecule has 1 N–H and O–H groups in total. The van der Waals surface area contributed by atoms with Gasteiger partial charge in [-0.05, 0) is 26.0 Å². The maximum atomic E-state index is 11.3. The number of nitrogens with one attached hydrogen (secondary N) is 1. The highest BCUT2D eigenvalue weighted by Crippen LogP contribution is 2.11. The molecule has 2 atom stereocenters. The van der Waals surface area contributed by atoms with Gasteiger partial charge in [0.1, 0.15) is 0 Å². The van der Waals surface area contributed by atoms with E-state index in [0.717, 1.165) is 25.3 Å². The van der Waals surface area contributed by atoms with Crippen LogP contribution in [0.25, 0.3) is 0 Å². The number of esters is 1. The van der Waals surface area contributed by atoms with Crippen molar-refractivity contribution in [3.8, 4) is 0 Å². The van der Waals surface area contributed by atoms with Gasteiger partial charge in [-0.1, -0.05) is 0 Å². The molecule has 0 aliphatic carbocycles. The fraction of sp³-hybridized carbons (Fsp3) is 0.571. The van der Waals surface area contributed by atoms with Gasteiger partial charge in [0.15, 0.2) is 0 Å². The summed E-state index contributed by atoms with van der Waals surface area (Å²) in [6.45, 7) is 7.23. The monoisotopic (exact) mass is 263 g/mol. The number of methoxy groups -OCH3 is 1. The fourth-order valence-electron chi connectivity index (χ4n) is 2.28. The third-order valence-electron chi connectivity index (χ3n) is 3.50. The molecule has 104 valence electrons. The summed E-state index contributed by atoms with van der Waals surface area (Å²) in [6.07, 6.45) is 1.58. The normalized spacial score (nSPS) is 24.2. The van der Waals surface area contributed by atoms with E-state index < -0.39 is 0 Å². The molecule has 19 heavy (non-hydrogen) atoms. The molecule has 1 aliphatic rings. The fourth-order valence-corrected chi connectivity index (χ4v) is 2.28. The summed E-state index contributed by atoms with van der Waals surface area (Å²) in [4.78, 5) is 18.1. The smallest absolute Gasteiger partial charge is 0.339 e. The molecule has 1 aliphatic heterocycles. The summed E-state index contributed by atoms with van der Waals surface area (Å²) in [5.41, 5.74) is 1.47. The third kappa shape index (κ3) is 3.52. The minimum atomic E-state index is -0.344. The predicted molar refractivity (Wildman–Crippen MR) is 72.9 cm³/mol. The molecule has 1 aromatic heterocycles. The van der Waals surface area contributed by atoms with Crippen molar-refractivity contribution in [2.75, 3.05) is 20.2 Å². The van der Waals surface area contributed by atoms with Gasteiger partial charge in [0, 0.05) is 37.9 Å². The van der Waals surface area contributed by atoms with Gasteiger partial charge < -0.3 is 10.1 Å². The van der Waals surface area contributed by atoms with Gasteiger partial charge in [-0.2, -0.15) is 0 Å². The molecule has 0 radical (unpaired) electrons. The Labute approximate surface area is 114 Å². The number of nitrogens with zero attached hydrogens (tertiary/aromatic N) is 2. The van der Waals surface area contributed by atoms with Crippen LogP contribution in [-0.4, -0.2) is 48.1 Å². The van der Waals surface area contributed by atoms with Crippen molar-refractivity contribution < 1.29 is 9.53 Å². The highest BCUT2D eigenvalue weighted by atomic mass is 16.5. The van der Waals surface area contributed by atoms with Gasteiger partial charge in [0.05, 0.1) is 18.4 Å². The Balaban J connectivity index is 2.00. The van der Waals surface area contributed by atoms with Crippen molar-refractivity contribution in [3.63, 3.8) is 0 Å². The lowest BCUT2D eigenvalue weighted by Crippen LogP contribution is -2.53. The number of pyridine rings is 1. The first kappa shape index (κ1) is 14.0. The number of rotatable bonds is 3. The maximum Gasteiger partial charge on any atom is 0.339 e. The topological polar surface area (TPSA) is 54.5 Å². The Morgan fingerprint density at radius 1 is 1.53 bits per heavy atom. The molecule has 1 saturated heterocycles. The average Bonchev–Trinajstić information content (AvgIpc) is 2.43. The Bertz CT molecular complexity index is 433. The van der Waals surface area contributed by atoms with Crippen molar-refractivity contribution in [2.45, 2.75) is 32.5 Å². The van der Waals surface area contributed by atoms with Crippen LogP contribution >= 0.6 is 0 Å². The van der Waals surface area contributed by atoms with E-state index in [0.29, 0.717) is 17.6 Å². The van der Waals surface area contributed by atoms with E-state index in [1.807, 2.05) is 6.07 Å². The van der Waals surface area contributed by atoms with Crippen molar-refractivity contribution in [1.29, 1.82) is 0 Å². The van der Waals surface area contributed by atoms with Crippen molar-refractivity contribution in [1.82, 2.24) is 15.2 Å². The first-order chi connectivity index (χ1) is 9.10. The Morgan fingerprint density at radius 3 is 2.95 bits per heavy atom. The molecule has 0 aromatic carbocycles. The number of carbonyl (C=O) groups excluding carboxylic acids is 1. The molecule has 0 bridgehead atoms. The molecule has 5 heteroatoms. The quantitative estimate of drug-likeness (QED) is 0.826. The van der Waals surface area contributed by atoms with Crippen molar-refractivity contribution in [3.05, 3.63) is 29.6 Å². The average molecular weight is 263 g/mol. The van der Waals surface area contributed by atoms with Gasteiger partial charge in [0.2, 0.25) is 0 Å². The van der Waals surface area contributed by atoms with Crippen LogP contribution in [0.15, 0.2) is 18.3 Å². The Morgan fingerprint density at radius 2 is 2.32 bits per heavy atom. The molecule has 2 unspecified atom stereocenters. The molecule has 1 fully saturated rings. The summed E-state index contributed by atoms with van der Waals surface area (Å²) in [5.74, 6) is -0.344. The SMILES string of the molecule is COC(=O)c1ccc(CN2CC(C)NCC2C)nc1. The third-order valence-corrected chi connectivity index (χ3v) is 3.50. The zero-order valence-electron chi connectivity index (χ0n) is 11.7. The minimum absolute atomic E-state index is 0.344. The first-order valence-corrected chi connectivity index (χ1v) is 6.61. The molecular formula is C14H21N3O2. The summed E-state index contributed by atoms with van der Waals surface area (Å²) >= 11 is 0. The van der Waals surface area contributed by atoms with Crippen LogP contribution in [0.2, 0.25) is 0 Å². The standard InChI is InChI=1S/C14H21N3O2/c1-10-8-17(11(2)6-15-10)9-13-5-4-12(7-16-13)14(18)19-3/h4-5,7,10-11,15H,6,8-9H2,1-3H3. The number of piperazine rings is 1. The van der Waals surface area contributed by atoms with Crippen LogP contribution in [0.3, 0.4) is 0 Å². The highest BCUT2D eigenvalue weighted by Gasteiger charge is 2.22. The van der Waals surface area contributed by atoms with Gasteiger partial charge in [-0.15, -0.1) is 0 Å². The first-order valence-electron chi connectivity index (χ1n) is 6.61. The highest BCUT2D eigenvalue weighted by molar-refractivity contribution is 5.88. The number of hydrogen-bond acceptors (Lipinski definition) is 5. The largest absolute Gasteiger partial charge is 0.465 e. The van der Waals surface area contributed by atoms with E-state index >= 15 is 0 Å². The second-order valence-electron chi connectivity index (χ2n) is 5.12. The Hall–Kier alpha value is -1.46. The summed E-state index contributed by atoms with van der Waals surface area (Å²) in [7, 11) is 1.38. The maximum absolute atomic E-state index is 11.3. The van der Waals surface area contributed by atoms with Crippen LogP contribution in [0, 0.1) is 0 Å². The van der Waals surface area contributed by atoms with Gasteiger partial charge in [0.25, 0.3) is 0 Å². The predicted octanol–water partition coefficient (Wildman–Crippen LogP) is 1.05. The summed E-state index contributed by atoms with van der Waals surface area (Å²) in [5, 5.41) is 3.46. The second-order valence-corrected chi connectivity index (χ2v) is 5.12. The molecule has 0 saturated carbocycles. The molecule has 2 heterocycles. The minimum Gasteiger partial charge on any atom is -0.465 e. The van der Waals surface area contributed by atoms with Crippen molar-refractivity contribution >= 4 is 5.97 Å². The van der Waals surface area contributed by atoms with E-state index in [-0.39, 0.29) is 5.97 Å². The van der Waals surface area contributed by atoms with E-state index in [2.05, 4.69) is 33.8 Å². The number of hydrogen-bond donors (Lipinski definition) is 1. The van der Waals surface area contributed by atoms with Crippen LogP contribution in [0.5, 0.6) is 0 Å². The molecule has 0 amide bonds. The Kier molecular flexibility index (Phi) is 4.50. The zero-order valence-corrected chi connectivity index (χ0v) is 11.7. The van der Waals surface area contributed by atoms with Crippen LogP contribution in [-0.2, 0) is 11.3 Å². The lowest BCUT2D eigenvalue weighted by Gasteiger charge is -2.37. The zero-order chi connectivity index (χ0) is 13.8. The van der Waals surface area contributed by atoms with Crippen molar-refractivity contribution in [2.24, 2.45) is 0 Å². The molecule has 0 spiro atoms. The van der Waals surface area contributed by atoms with Crippen LogP contribution in [0.1, 0.15) is 29.9 Å². The second kappa shape index (κ2) is 6.12. The number of ether oxygens (including phenoxy) is 1. The van der Waals surface area contributed by atoms with E-state index in [9.17, 15) is 4.79 Å². The molecule has 5 nitrogen and oxygen atoms in total. The molecular weight excluding hydrogens is 242 g/mol. The number of carbonyl (C=O) groups is 1. The van der Waals surface area contributed by atoms with E-state index in [1.54, 1.807) is 12.3 Å². The molecule has 2 rings (SSSR count). The lowest BCUT2D eigenvalue weighted by atomic mass is 10.1. The number of aromatic nitrogens is 1. The van der Waals surface area contributed by atoms with E-state index in [1.165, 1.54) is 7.11 Å².